The van der Waals surface area contributed by atoms with E-state index >= 15 is 0 Å². The summed E-state index contributed by atoms with van der Waals surface area (Å²) in [6.45, 7) is 4.88. The Morgan fingerprint density at radius 1 is 0.591 bits per heavy atom. The Kier molecular flexibility index (Phi) is 31.5. The maximum absolute atomic E-state index is 12.7. The molecule has 0 aromatic carbocycles. The predicted molar refractivity (Wildman–Crippen MR) is 184 cm³/mol. The van der Waals surface area contributed by atoms with Gasteiger partial charge < -0.3 is 20.9 Å². The van der Waals surface area contributed by atoms with Crippen molar-refractivity contribution < 1.29 is 24.2 Å². The van der Waals surface area contributed by atoms with Gasteiger partial charge in [0.25, 0.3) is 0 Å². The number of rotatable bonds is 34. The molecule has 7 nitrogen and oxygen atoms in total. The van der Waals surface area contributed by atoms with Gasteiger partial charge in [0.15, 0.2) is 0 Å². The highest BCUT2D eigenvalue weighted by Gasteiger charge is 2.23. The molecular formula is C37H72N2O5. The van der Waals surface area contributed by atoms with Crippen LogP contribution in [0.1, 0.15) is 200 Å². The van der Waals surface area contributed by atoms with Gasteiger partial charge in [0.2, 0.25) is 5.91 Å². The van der Waals surface area contributed by atoms with E-state index in [1.165, 1.54) is 116 Å². The summed E-state index contributed by atoms with van der Waals surface area (Å²) in [5, 5.41) is 12.1. The number of hydrogen-bond acceptors (Lipinski definition) is 5. The van der Waals surface area contributed by atoms with Crippen LogP contribution in [0.25, 0.3) is 0 Å². The van der Waals surface area contributed by atoms with Crippen molar-refractivity contribution in [3.8, 4) is 0 Å². The molecule has 4 N–H and O–H groups in total. The van der Waals surface area contributed by atoms with E-state index in [9.17, 15) is 19.5 Å². The summed E-state index contributed by atoms with van der Waals surface area (Å²) in [5.74, 6) is -1.68. The second kappa shape index (κ2) is 32.8. The normalized spacial score (nSPS) is 12.6. The number of carboxylic acids is 1. The summed E-state index contributed by atoms with van der Waals surface area (Å²) >= 11 is 0. The molecule has 7 heteroatoms. The molecule has 0 saturated carbocycles. The van der Waals surface area contributed by atoms with Crippen molar-refractivity contribution in [2.45, 2.75) is 212 Å². The maximum atomic E-state index is 12.7. The Balaban J connectivity index is 4.35. The first-order valence-corrected chi connectivity index (χ1v) is 18.9. The van der Waals surface area contributed by atoms with Gasteiger partial charge in [-0.1, -0.05) is 155 Å². The monoisotopic (exact) mass is 625 g/mol. The van der Waals surface area contributed by atoms with Gasteiger partial charge in [0.05, 0.1) is 6.42 Å². The summed E-state index contributed by atoms with van der Waals surface area (Å²) < 4.78 is 5.78. The van der Waals surface area contributed by atoms with Crippen LogP contribution in [0.2, 0.25) is 0 Å². The number of aliphatic carboxylic acids is 1. The lowest BCUT2D eigenvalue weighted by atomic mass is 10.0. The zero-order chi connectivity index (χ0) is 32.5. The van der Waals surface area contributed by atoms with E-state index in [-0.39, 0.29) is 18.3 Å². The van der Waals surface area contributed by atoms with E-state index in [0.717, 1.165) is 38.5 Å². The maximum Gasteiger partial charge on any atom is 0.326 e. The smallest absolute Gasteiger partial charge is 0.326 e. The largest absolute Gasteiger partial charge is 0.480 e. The third-order valence-corrected chi connectivity index (χ3v) is 8.66. The lowest BCUT2D eigenvalue weighted by molar-refractivity contribution is -0.151. The molecule has 0 aliphatic carbocycles. The molecule has 0 aliphatic rings. The molecule has 1 amide bonds. The first-order valence-electron chi connectivity index (χ1n) is 18.9. The Bertz CT molecular complexity index is 672. The van der Waals surface area contributed by atoms with Crippen molar-refractivity contribution in [1.82, 2.24) is 5.32 Å². The van der Waals surface area contributed by atoms with Crippen molar-refractivity contribution in [3.05, 3.63) is 0 Å². The molecule has 0 aromatic rings. The Morgan fingerprint density at radius 3 is 1.41 bits per heavy atom. The van der Waals surface area contributed by atoms with Crippen LogP contribution < -0.4 is 11.1 Å². The molecule has 0 spiro atoms. The zero-order valence-electron chi connectivity index (χ0n) is 29.0. The number of nitrogens with two attached hydrogens (primary N) is 1. The van der Waals surface area contributed by atoms with Crippen molar-refractivity contribution >= 4 is 17.8 Å². The fraction of sp³-hybridized carbons (Fsp3) is 0.919. The molecule has 44 heavy (non-hydrogen) atoms. The number of unbranched alkanes of at least 4 members (excludes halogenated alkanes) is 22. The second-order valence-electron chi connectivity index (χ2n) is 13.0. The number of esters is 1. The van der Waals surface area contributed by atoms with Crippen LogP contribution in [0.5, 0.6) is 0 Å². The van der Waals surface area contributed by atoms with E-state index < -0.39 is 18.1 Å². The lowest BCUT2D eigenvalue weighted by Gasteiger charge is -2.20. The summed E-state index contributed by atoms with van der Waals surface area (Å²) in [4.78, 5) is 36.9. The van der Waals surface area contributed by atoms with Gasteiger partial charge in [-0.05, 0) is 38.6 Å². The van der Waals surface area contributed by atoms with Crippen molar-refractivity contribution in [2.75, 3.05) is 6.54 Å². The molecule has 0 fully saturated rings. The lowest BCUT2D eigenvalue weighted by Crippen LogP contribution is -2.42. The number of nitrogens with one attached hydrogen (secondary N) is 1. The van der Waals surface area contributed by atoms with Crippen molar-refractivity contribution in [3.63, 3.8) is 0 Å². The molecule has 0 aliphatic heterocycles. The van der Waals surface area contributed by atoms with Gasteiger partial charge in [-0.3, -0.25) is 9.59 Å². The van der Waals surface area contributed by atoms with Crippen LogP contribution in [0.3, 0.4) is 0 Å². The average Bonchev–Trinajstić information content (AvgIpc) is 3.00. The number of carboxylic acid groups (broad SMARTS) is 1. The number of carbonyl (C=O) groups excluding carboxylic acids is 2. The van der Waals surface area contributed by atoms with Crippen LogP contribution >= 0.6 is 0 Å². The standard InChI is InChI=1S/C37H72N2O5/c1-3-5-7-9-11-13-15-16-18-20-22-24-26-30-36(41)44-33(32-35(40)39-34(37(42)43)29-27-31-38)28-25-23-21-19-17-14-12-10-8-6-4-2/h33-34H,3-32,38H2,1-2H3,(H,39,40)(H,42,43)/t33?,34-/m0/s1. The molecule has 0 rings (SSSR count). The third kappa shape index (κ3) is 29.1. The van der Waals surface area contributed by atoms with E-state index in [0.29, 0.717) is 32.2 Å². The van der Waals surface area contributed by atoms with E-state index in [1.54, 1.807) is 0 Å². The van der Waals surface area contributed by atoms with Crippen LogP contribution in [0, 0.1) is 0 Å². The van der Waals surface area contributed by atoms with Crippen LogP contribution in [-0.4, -0.2) is 41.6 Å². The molecule has 260 valence electrons. The van der Waals surface area contributed by atoms with Crippen molar-refractivity contribution in [1.29, 1.82) is 0 Å². The summed E-state index contributed by atoms with van der Waals surface area (Å²) in [5.41, 5.74) is 5.52. The van der Waals surface area contributed by atoms with Gasteiger partial charge in [-0.25, -0.2) is 4.79 Å². The molecule has 1 unspecified atom stereocenters. The number of carbonyl (C=O) groups is 3. The minimum Gasteiger partial charge on any atom is -0.480 e. The number of amides is 1. The first kappa shape index (κ1) is 42.4. The van der Waals surface area contributed by atoms with Crippen LogP contribution in [0.4, 0.5) is 0 Å². The van der Waals surface area contributed by atoms with E-state index in [2.05, 4.69) is 19.2 Å². The second-order valence-corrected chi connectivity index (χ2v) is 13.0. The predicted octanol–water partition coefficient (Wildman–Crippen LogP) is 9.78. The zero-order valence-corrected chi connectivity index (χ0v) is 29.0. The Hall–Kier alpha value is -1.63. The van der Waals surface area contributed by atoms with Crippen molar-refractivity contribution in [2.24, 2.45) is 5.73 Å². The minimum absolute atomic E-state index is 0.00844. The fourth-order valence-corrected chi connectivity index (χ4v) is 5.81. The van der Waals surface area contributed by atoms with Gasteiger partial charge in [-0.15, -0.1) is 0 Å². The van der Waals surface area contributed by atoms with Crippen LogP contribution in [-0.2, 0) is 19.1 Å². The Labute approximate surface area is 271 Å². The third-order valence-electron chi connectivity index (χ3n) is 8.66. The van der Waals surface area contributed by atoms with Gasteiger partial charge in [0, 0.05) is 6.42 Å². The molecule has 2 atom stereocenters. The van der Waals surface area contributed by atoms with Gasteiger partial charge in [-0.2, -0.15) is 0 Å². The highest BCUT2D eigenvalue weighted by Crippen LogP contribution is 2.17. The highest BCUT2D eigenvalue weighted by atomic mass is 16.5. The number of hydrogen-bond donors (Lipinski definition) is 3. The topological polar surface area (TPSA) is 119 Å². The van der Waals surface area contributed by atoms with Gasteiger partial charge >= 0.3 is 11.9 Å². The fourth-order valence-electron chi connectivity index (χ4n) is 5.81. The summed E-state index contributed by atoms with van der Waals surface area (Å²) in [7, 11) is 0. The molecule has 0 aromatic heterocycles. The molecule has 0 heterocycles. The van der Waals surface area contributed by atoms with Crippen LogP contribution in [0.15, 0.2) is 0 Å². The summed E-state index contributed by atoms with van der Waals surface area (Å²) in [6.07, 6.45) is 31.2. The first-order chi connectivity index (χ1) is 21.4. The van der Waals surface area contributed by atoms with E-state index in [1.807, 2.05) is 0 Å². The molecule has 0 bridgehead atoms. The quantitative estimate of drug-likeness (QED) is 0.0484. The SMILES string of the molecule is CCCCCCCCCCCCCCCC(=O)OC(CCCCCCCCCCCCC)CC(=O)N[C@@H](CCCN)C(=O)O. The number of ether oxygens (including phenoxy) is 1. The molecule has 0 saturated heterocycles. The highest BCUT2D eigenvalue weighted by molar-refractivity contribution is 5.84. The molecular weight excluding hydrogens is 552 g/mol. The Morgan fingerprint density at radius 2 is 1.00 bits per heavy atom. The summed E-state index contributed by atoms with van der Waals surface area (Å²) in [6, 6.07) is -0.963. The average molecular weight is 625 g/mol. The van der Waals surface area contributed by atoms with E-state index in [4.69, 9.17) is 10.5 Å². The van der Waals surface area contributed by atoms with Gasteiger partial charge in [0.1, 0.15) is 12.1 Å². The minimum atomic E-state index is -1.06. The molecule has 0 radical (unpaired) electrons.